The van der Waals surface area contributed by atoms with E-state index in [-0.39, 0.29) is 18.5 Å². The summed E-state index contributed by atoms with van der Waals surface area (Å²) >= 11 is 0. The highest BCUT2D eigenvalue weighted by molar-refractivity contribution is 5.78. The minimum Gasteiger partial charge on any atom is -0.493 e. The molecule has 17 heavy (non-hydrogen) atoms. The Morgan fingerprint density at radius 1 is 1.53 bits per heavy atom. The summed E-state index contributed by atoms with van der Waals surface area (Å²) in [7, 11) is 0. The highest BCUT2D eigenvalue weighted by atomic mass is 19.1. The summed E-state index contributed by atoms with van der Waals surface area (Å²) in [5.41, 5.74) is 6.75. The van der Waals surface area contributed by atoms with Crippen molar-refractivity contribution in [3.05, 3.63) is 29.8 Å². The van der Waals surface area contributed by atoms with Crippen molar-refractivity contribution in [1.82, 2.24) is 5.32 Å². The summed E-state index contributed by atoms with van der Waals surface area (Å²) in [5.74, 6) is 1.15. The molecule has 0 aliphatic carbocycles. The number of benzene rings is 1. The number of halogens is 1. The van der Waals surface area contributed by atoms with Crippen LogP contribution in [0.4, 0.5) is 4.39 Å². The van der Waals surface area contributed by atoms with Crippen LogP contribution in [0.1, 0.15) is 18.0 Å². The monoisotopic (exact) mass is 237 g/mol. The average Bonchev–Trinajstić information content (AvgIpc) is 2.37. The molecule has 0 radical (unpaired) electrons. The number of alkyl halides is 1. The standard InChI is InChI=1S/C12H16FN3O/c13-6-7-15-12(14)16-10-5-8-17-11-4-2-1-3-9(10)11/h1-4,10H,5-8H2,(H3,14,15,16). The molecule has 0 spiro atoms. The van der Waals surface area contributed by atoms with Crippen LogP contribution in [-0.4, -0.2) is 25.8 Å². The van der Waals surface area contributed by atoms with Gasteiger partial charge < -0.3 is 15.8 Å². The lowest BCUT2D eigenvalue weighted by atomic mass is 10.0. The summed E-state index contributed by atoms with van der Waals surface area (Å²) < 4.78 is 17.5. The van der Waals surface area contributed by atoms with Gasteiger partial charge in [-0.2, -0.15) is 0 Å². The van der Waals surface area contributed by atoms with Crippen LogP contribution in [0.5, 0.6) is 5.75 Å². The van der Waals surface area contributed by atoms with Crippen LogP contribution in [0.15, 0.2) is 29.3 Å². The molecule has 1 unspecified atom stereocenters. The van der Waals surface area contributed by atoms with Gasteiger partial charge in [0.2, 0.25) is 0 Å². The first kappa shape index (κ1) is 11.7. The molecule has 0 saturated heterocycles. The van der Waals surface area contributed by atoms with E-state index in [4.69, 9.17) is 10.5 Å². The number of ether oxygens (including phenoxy) is 1. The first-order valence-corrected chi connectivity index (χ1v) is 5.65. The van der Waals surface area contributed by atoms with E-state index in [1.54, 1.807) is 0 Å². The second-order valence-corrected chi connectivity index (χ2v) is 3.83. The molecule has 0 fully saturated rings. The van der Waals surface area contributed by atoms with Crippen molar-refractivity contribution in [2.75, 3.05) is 19.8 Å². The van der Waals surface area contributed by atoms with Crippen LogP contribution in [0.3, 0.4) is 0 Å². The summed E-state index contributed by atoms with van der Waals surface area (Å²) in [6.45, 7) is 0.252. The van der Waals surface area contributed by atoms with Gasteiger partial charge in [0.15, 0.2) is 5.96 Å². The number of aliphatic imine (C=N–C) groups is 1. The third-order valence-electron chi connectivity index (χ3n) is 2.65. The topological polar surface area (TPSA) is 59.6 Å². The lowest BCUT2D eigenvalue weighted by Gasteiger charge is -2.26. The Kier molecular flexibility index (Phi) is 3.80. The number of guanidine groups is 1. The third kappa shape index (κ3) is 2.87. The lowest BCUT2D eigenvalue weighted by molar-refractivity contribution is 0.262. The van der Waals surface area contributed by atoms with E-state index in [1.807, 2.05) is 24.3 Å². The fraction of sp³-hybridized carbons (Fsp3) is 0.417. The highest BCUT2D eigenvalue weighted by Crippen LogP contribution is 2.31. The molecule has 4 nitrogen and oxygen atoms in total. The van der Waals surface area contributed by atoms with Gasteiger partial charge >= 0.3 is 0 Å². The molecule has 1 aliphatic rings. The zero-order valence-electron chi connectivity index (χ0n) is 9.53. The lowest BCUT2D eigenvalue weighted by Crippen LogP contribution is -2.37. The number of nitrogens with one attached hydrogen (secondary N) is 1. The Labute approximate surface area is 99.7 Å². The maximum atomic E-state index is 12.0. The first-order chi connectivity index (χ1) is 8.31. The Bertz CT molecular complexity index is 408. The molecule has 2 rings (SSSR count). The summed E-state index contributed by atoms with van der Waals surface area (Å²) in [4.78, 5) is 3.88. The number of rotatable bonds is 3. The van der Waals surface area contributed by atoms with E-state index >= 15 is 0 Å². The van der Waals surface area contributed by atoms with Gasteiger partial charge in [-0.15, -0.1) is 0 Å². The predicted octanol–water partition coefficient (Wildman–Crippen LogP) is 1.38. The molecular formula is C12H16FN3O. The quantitative estimate of drug-likeness (QED) is 0.617. The third-order valence-corrected chi connectivity index (χ3v) is 2.65. The zero-order chi connectivity index (χ0) is 12.1. The maximum Gasteiger partial charge on any atom is 0.189 e. The highest BCUT2D eigenvalue weighted by Gasteiger charge is 2.20. The minimum absolute atomic E-state index is 0.0864. The predicted molar refractivity (Wildman–Crippen MR) is 64.9 cm³/mol. The Hall–Kier alpha value is -1.78. The molecule has 5 heteroatoms. The van der Waals surface area contributed by atoms with Crippen LogP contribution < -0.4 is 15.8 Å². The summed E-state index contributed by atoms with van der Waals surface area (Å²) in [6.07, 6.45) is 0.822. The Morgan fingerprint density at radius 2 is 2.35 bits per heavy atom. The number of fused-ring (bicyclic) bond motifs is 1. The Balaban J connectivity index is 2.08. The first-order valence-electron chi connectivity index (χ1n) is 5.65. The molecule has 0 aromatic heterocycles. The van der Waals surface area contributed by atoms with Crippen molar-refractivity contribution in [1.29, 1.82) is 0 Å². The largest absolute Gasteiger partial charge is 0.493 e. The number of nitrogens with two attached hydrogens (primary N) is 1. The fourth-order valence-electron chi connectivity index (χ4n) is 1.88. The van der Waals surface area contributed by atoms with Gasteiger partial charge in [-0.05, 0) is 6.07 Å². The zero-order valence-corrected chi connectivity index (χ0v) is 9.53. The molecule has 1 aromatic carbocycles. The van der Waals surface area contributed by atoms with E-state index in [1.165, 1.54) is 0 Å². The molecule has 0 amide bonds. The normalized spacial score (nSPS) is 19.4. The number of nitrogens with zero attached hydrogens (tertiary/aromatic N) is 1. The van der Waals surface area contributed by atoms with E-state index in [0.29, 0.717) is 6.61 Å². The second kappa shape index (κ2) is 5.52. The van der Waals surface area contributed by atoms with Gasteiger partial charge in [-0.25, -0.2) is 4.39 Å². The SMILES string of the molecule is NC(=NCCF)NC1CCOc2ccccc21. The fourth-order valence-corrected chi connectivity index (χ4v) is 1.88. The van der Waals surface area contributed by atoms with Crippen molar-refractivity contribution in [3.63, 3.8) is 0 Å². The van der Waals surface area contributed by atoms with Crippen LogP contribution in [0.25, 0.3) is 0 Å². The maximum absolute atomic E-state index is 12.0. The van der Waals surface area contributed by atoms with Crippen molar-refractivity contribution in [3.8, 4) is 5.75 Å². The second-order valence-electron chi connectivity index (χ2n) is 3.83. The number of para-hydroxylation sites is 1. The van der Waals surface area contributed by atoms with Crippen LogP contribution >= 0.6 is 0 Å². The molecule has 1 atom stereocenters. The molecular weight excluding hydrogens is 221 g/mol. The van der Waals surface area contributed by atoms with Gasteiger partial charge in [0.05, 0.1) is 19.2 Å². The molecule has 0 bridgehead atoms. The van der Waals surface area contributed by atoms with Crippen LogP contribution in [0, 0.1) is 0 Å². The smallest absolute Gasteiger partial charge is 0.189 e. The van der Waals surface area contributed by atoms with Gasteiger partial charge in [-0.3, -0.25) is 4.99 Å². The average molecular weight is 237 g/mol. The Morgan fingerprint density at radius 3 is 3.18 bits per heavy atom. The van der Waals surface area contributed by atoms with Crippen molar-refractivity contribution in [2.24, 2.45) is 10.7 Å². The van der Waals surface area contributed by atoms with Gasteiger partial charge in [0, 0.05) is 12.0 Å². The van der Waals surface area contributed by atoms with Crippen LogP contribution in [-0.2, 0) is 0 Å². The molecule has 3 N–H and O–H groups in total. The number of hydrogen-bond donors (Lipinski definition) is 2. The van der Waals surface area contributed by atoms with Crippen molar-refractivity contribution >= 4 is 5.96 Å². The molecule has 1 aliphatic heterocycles. The molecule has 0 saturated carbocycles. The number of hydrogen-bond acceptors (Lipinski definition) is 2. The minimum atomic E-state index is -0.493. The van der Waals surface area contributed by atoms with Gasteiger partial charge in [0.1, 0.15) is 12.4 Å². The molecule has 1 heterocycles. The summed E-state index contributed by atoms with van der Waals surface area (Å²) in [5, 5.41) is 3.09. The van der Waals surface area contributed by atoms with Gasteiger partial charge in [-0.1, -0.05) is 18.2 Å². The summed E-state index contributed by atoms with van der Waals surface area (Å²) in [6, 6.07) is 7.90. The van der Waals surface area contributed by atoms with E-state index in [0.717, 1.165) is 17.7 Å². The van der Waals surface area contributed by atoms with E-state index in [9.17, 15) is 4.39 Å². The van der Waals surface area contributed by atoms with Gasteiger partial charge in [0.25, 0.3) is 0 Å². The van der Waals surface area contributed by atoms with Crippen molar-refractivity contribution < 1.29 is 9.13 Å². The van der Waals surface area contributed by atoms with Crippen molar-refractivity contribution in [2.45, 2.75) is 12.5 Å². The van der Waals surface area contributed by atoms with E-state index in [2.05, 4.69) is 10.3 Å². The molecule has 1 aromatic rings. The van der Waals surface area contributed by atoms with E-state index < -0.39 is 6.67 Å². The van der Waals surface area contributed by atoms with Crippen LogP contribution in [0.2, 0.25) is 0 Å². The molecule has 92 valence electrons.